The molecular formula is C18H22N4. The number of hydrogen-bond donors (Lipinski definition) is 0. The lowest BCUT2D eigenvalue weighted by atomic mass is 10.0. The van der Waals surface area contributed by atoms with Gasteiger partial charge >= 0.3 is 0 Å². The van der Waals surface area contributed by atoms with Crippen LogP contribution in [-0.4, -0.2) is 23.1 Å². The van der Waals surface area contributed by atoms with Gasteiger partial charge in [-0.3, -0.25) is 0 Å². The van der Waals surface area contributed by atoms with Crippen molar-refractivity contribution >= 4 is 5.95 Å². The Balaban J connectivity index is 2.46. The topological polar surface area (TPSA) is 52.8 Å². The molecule has 0 bridgehead atoms. The normalized spacial score (nSPS) is 10.5. The Morgan fingerprint density at radius 3 is 2.23 bits per heavy atom. The van der Waals surface area contributed by atoms with Crippen LogP contribution in [0.25, 0.3) is 11.3 Å². The molecule has 1 aromatic carbocycles. The summed E-state index contributed by atoms with van der Waals surface area (Å²) < 4.78 is 0. The van der Waals surface area contributed by atoms with Gasteiger partial charge in [0.1, 0.15) is 11.8 Å². The number of anilines is 1. The van der Waals surface area contributed by atoms with Crippen molar-refractivity contribution in [2.75, 3.05) is 18.0 Å². The quantitative estimate of drug-likeness (QED) is 0.837. The minimum absolute atomic E-state index is 0.403. The first-order valence-corrected chi connectivity index (χ1v) is 7.73. The molecule has 0 fully saturated rings. The van der Waals surface area contributed by atoms with Gasteiger partial charge in [-0.05, 0) is 25.3 Å². The molecule has 0 atom stereocenters. The molecule has 2 rings (SSSR count). The van der Waals surface area contributed by atoms with Gasteiger partial charge in [0.2, 0.25) is 5.95 Å². The minimum Gasteiger partial charge on any atom is -0.341 e. The van der Waals surface area contributed by atoms with Crippen LogP contribution in [0.1, 0.15) is 44.9 Å². The number of rotatable bonds is 5. The van der Waals surface area contributed by atoms with E-state index >= 15 is 0 Å². The predicted octanol–water partition coefficient (Wildman–Crippen LogP) is 3.98. The highest BCUT2D eigenvalue weighted by atomic mass is 15.2. The van der Waals surface area contributed by atoms with Gasteiger partial charge in [-0.15, -0.1) is 0 Å². The summed E-state index contributed by atoms with van der Waals surface area (Å²) in [6.07, 6.45) is 0. The lowest BCUT2D eigenvalue weighted by Crippen LogP contribution is -2.24. The van der Waals surface area contributed by atoms with Crippen LogP contribution in [0.4, 0.5) is 5.95 Å². The monoisotopic (exact) mass is 294 g/mol. The first-order chi connectivity index (χ1) is 10.6. The Morgan fingerprint density at radius 1 is 1.09 bits per heavy atom. The van der Waals surface area contributed by atoms with Crippen molar-refractivity contribution in [1.29, 1.82) is 5.26 Å². The predicted molar refractivity (Wildman–Crippen MR) is 89.8 cm³/mol. The highest BCUT2D eigenvalue weighted by Crippen LogP contribution is 2.23. The Hall–Kier alpha value is -2.41. The molecule has 4 nitrogen and oxygen atoms in total. The van der Waals surface area contributed by atoms with E-state index in [9.17, 15) is 5.26 Å². The van der Waals surface area contributed by atoms with Crippen LogP contribution >= 0.6 is 0 Å². The zero-order valence-electron chi connectivity index (χ0n) is 13.7. The highest BCUT2D eigenvalue weighted by Gasteiger charge is 2.11. The van der Waals surface area contributed by atoms with Crippen molar-refractivity contribution < 1.29 is 0 Å². The van der Waals surface area contributed by atoms with Crippen LogP contribution in [0.2, 0.25) is 0 Å². The molecule has 0 radical (unpaired) electrons. The maximum atomic E-state index is 9.22. The average Bonchev–Trinajstić information content (AvgIpc) is 2.55. The standard InChI is InChI=1S/C18H22N4/c1-5-22(6-2)18-20-16(12-19)11-17(21-18)15-9-7-14(8-10-15)13(3)4/h7-11,13H,5-6H2,1-4H3. The summed E-state index contributed by atoms with van der Waals surface area (Å²) in [6, 6.07) is 12.2. The van der Waals surface area contributed by atoms with Crippen molar-refractivity contribution in [2.24, 2.45) is 0 Å². The van der Waals surface area contributed by atoms with E-state index in [4.69, 9.17) is 0 Å². The zero-order chi connectivity index (χ0) is 16.1. The molecule has 0 saturated heterocycles. The van der Waals surface area contributed by atoms with Crippen LogP contribution in [0.3, 0.4) is 0 Å². The molecule has 0 unspecified atom stereocenters. The molecule has 0 aliphatic heterocycles. The molecule has 1 heterocycles. The Bertz CT molecular complexity index is 664. The fraction of sp³-hybridized carbons (Fsp3) is 0.389. The van der Waals surface area contributed by atoms with Gasteiger partial charge < -0.3 is 4.90 Å². The molecule has 2 aromatic rings. The van der Waals surface area contributed by atoms with Crippen LogP contribution < -0.4 is 4.90 Å². The second-order valence-electron chi connectivity index (χ2n) is 5.50. The van der Waals surface area contributed by atoms with Gasteiger partial charge in [-0.1, -0.05) is 38.1 Å². The molecule has 0 spiro atoms. The lowest BCUT2D eigenvalue weighted by Gasteiger charge is -2.19. The summed E-state index contributed by atoms with van der Waals surface area (Å²) in [7, 11) is 0. The van der Waals surface area contributed by atoms with Gasteiger partial charge in [0.05, 0.1) is 5.69 Å². The van der Waals surface area contributed by atoms with Crippen LogP contribution in [0.15, 0.2) is 30.3 Å². The van der Waals surface area contributed by atoms with Gasteiger partial charge in [-0.25, -0.2) is 9.97 Å². The first-order valence-electron chi connectivity index (χ1n) is 7.73. The summed E-state index contributed by atoms with van der Waals surface area (Å²) in [5.41, 5.74) is 3.50. The van der Waals surface area contributed by atoms with E-state index in [0.717, 1.165) is 24.3 Å². The van der Waals surface area contributed by atoms with Crippen LogP contribution in [0.5, 0.6) is 0 Å². The summed E-state index contributed by atoms with van der Waals surface area (Å²) in [6.45, 7) is 10.1. The average molecular weight is 294 g/mol. The molecule has 0 aliphatic rings. The van der Waals surface area contributed by atoms with Crippen molar-refractivity contribution in [1.82, 2.24) is 9.97 Å². The van der Waals surface area contributed by atoms with E-state index in [-0.39, 0.29) is 0 Å². The summed E-state index contributed by atoms with van der Waals surface area (Å²) >= 11 is 0. The third kappa shape index (κ3) is 3.43. The molecule has 0 saturated carbocycles. The van der Waals surface area contributed by atoms with Gasteiger partial charge in [-0.2, -0.15) is 5.26 Å². The fourth-order valence-electron chi connectivity index (χ4n) is 2.33. The fourth-order valence-corrected chi connectivity index (χ4v) is 2.33. The van der Waals surface area contributed by atoms with Crippen molar-refractivity contribution in [3.05, 3.63) is 41.6 Å². The van der Waals surface area contributed by atoms with E-state index in [2.05, 4.69) is 68.0 Å². The second-order valence-corrected chi connectivity index (χ2v) is 5.50. The molecule has 4 heteroatoms. The van der Waals surface area contributed by atoms with E-state index in [1.54, 1.807) is 6.07 Å². The Morgan fingerprint density at radius 2 is 1.73 bits per heavy atom. The molecule has 0 aliphatic carbocycles. The number of hydrogen-bond acceptors (Lipinski definition) is 4. The van der Waals surface area contributed by atoms with Gasteiger partial charge in [0.15, 0.2) is 0 Å². The zero-order valence-corrected chi connectivity index (χ0v) is 13.7. The maximum absolute atomic E-state index is 9.22. The third-order valence-corrected chi connectivity index (χ3v) is 3.75. The lowest BCUT2D eigenvalue weighted by molar-refractivity contribution is 0.820. The van der Waals surface area contributed by atoms with Gasteiger partial charge in [0.25, 0.3) is 0 Å². The SMILES string of the molecule is CCN(CC)c1nc(C#N)cc(-c2ccc(C(C)C)cc2)n1. The maximum Gasteiger partial charge on any atom is 0.227 e. The Labute approximate surface area is 132 Å². The van der Waals surface area contributed by atoms with Gasteiger partial charge in [0, 0.05) is 24.7 Å². The smallest absolute Gasteiger partial charge is 0.227 e. The van der Waals surface area contributed by atoms with E-state index in [0.29, 0.717) is 17.6 Å². The molecule has 1 aromatic heterocycles. The van der Waals surface area contributed by atoms with Crippen LogP contribution in [-0.2, 0) is 0 Å². The number of aromatic nitrogens is 2. The molecule has 22 heavy (non-hydrogen) atoms. The molecule has 114 valence electrons. The van der Waals surface area contributed by atoms with Crippen molar-refractivity contribution in [2.45, 2.75) is 33.6 Å². The van der Waals surface area contributed by atoms with E-state index < -0.39 is 0 Å². The summed E-state index contributed by atoms with van der Waals surface area (Å²) in [5.74, 6) is 1.12. The third-order valence-electron chi connectivity index (χ3n) is 3.75. The number of nitrogens with zero attached hydrogens (tertiary/aromatic N) is 4. The minimum atomic E-state index is 0.403. The van der Waals surface area contributed by atoms with E-state index in [1.165, 1.54) is 5.56 Å². The van der Waals surface area contributed by atoms with Crippen molar-refractivity contribution in [3.63, 3.8) is 0 Å². The summed E-state index contributed by atoms with van der Waals surface area (Å²) in [5, 5.41) is 9.22. The molecular weight excluding hydrogens is 272 g/mol. The number of nitriles is 1. The molecule has 0 amide bonds. The summed E-state index contributed by atoms with van der Waals surface area (Å²) in [4.78, 5) is 11.0. The van der Waals surface area contributed by atoms with E-state index in [1.807, 2.05) is 4.90 Å². The van der Waals surface area contributed by atoms with Crippen LogP contribution in [0, 0.1) is 11.3 Å². The van der Waals surface area contributed by atoms with Crippen molar-refractivity contribution in [3.8, 4) is 17.3 Å². The first kappa shape index (κ1) is 16.0. The second kappa shape index (κ2) is 7.04. The Kier molecular flexibility index (Phi) is 5.11. The number of benzene rings is 1. The largest absolute Gasteiger partial charge is 0.341 e. The molecule has 0 N–H and O–H groups in total. The highest BCUT2D eigenvalue weighted by molar-refractivity contribution is 5.62.